The molecule has 31 heavy (non-hydrogen) atoms. The monoisotopic (exact) mass is 421 g/mol. The van der Waals surface area contributed by atoms with E-state index in [1.165, 1.54) is 17.2 Å². The summed E-state index contributed by atoms with van der Waals surface area (Å²) in [6, 6.07) is 25.1. The molecular formula is C25H24FNO4. The molecule has 160 valence electrons. The van der Waals surface area contributed by atoms with Gasteiger partial charge in [-0.3, -0.25) is 4.79 Å². The number of hydrogen-bond donors (Lipinski definition) is 1. The molecule has 2 atom stereocenters. The summed E-state index contributed by atoms with van der Waals surface area (Å²) in [6.45, 7) is 3.29. The summed E-state index contributed by atoms with van der Waals surface area (Å²) in [5.41, 5.74) is 2.84. The summed E-state index contributed by atoms with van der Waals surface area (Å²) < 4.78 is 17.8. The van der Waals surface area contributed by atoms with E-state index in [-0.39, 0.29) is 17.7 Å². The fourth-order valence-corrected chi connectivity index (χ4v) is 3.25. The minimum atomic E-state index is -1.45. The molecule has 1 aliphatic rings. The van der Waals surface area contributed by atoms with Gasteiger partial charge in [-0.1, -0.05) is 60.7 Å². The van der Waals surface area contributed by atoms with Crippen LogP contribution in [0.25, 0.3) is 0 Å². The van der Waals surface area contributed by atoms with E-state index >= 15 is 0 Å². The Kier molecular flexibility index (Phi) is 7.51. The van der Waals surface area contributed by atoms with E-state index in [0.29, 0.717) is 6.04 Å². The van der Waals surface area contributed by atoms with Crippen molar-refractivity contribution in [2.24, 2.45) is 0 Å². The van der Waals surface area contributed by atoms with Crippen LogP contribution in [0.1, 0.15) is 40.9 Å². The average Bonchev–Trinajstić information content (AvgIpc) is 2.79. The summed E-state index contributed by atoms with van der Waals surface area (Å²) in [5.74, 6) is -2.37. The van der Waals surface area contributed by atoms with Crippen LogP contribution < -0.4 is 15.2 Å². The van der Waals surface area contributed by atoms with Crippen LogP contribution in [-0.2, 0) is 11.3 Å². The number of benzene rings is 3. The number of carboxylic acid groups (broad SMARTS) is 1. The minimum absolute atomic E-state index is 0.0764. The Labute approximate surface area is 180 Å². The molecule has 0 spiro atoms. The molecule has 0 saturated carbocycles. The number of fused-ring (bicyclic) bond motifs is 1. The molecule has 1 heterocycles. The lowest BCUT2D eigenvalue weighted by atomic mass is 10.0. The average molecular weight is 421 g/mol. The van der Waals surface area contributed by atoms with E-state index in [1.54, 1.807) is 0 Å². The van der Waals surface area contributed by atoms with E-state index in [1.807, 2.05) is 0 Å². The van der Waals surface area contributed by atoms with Crippen LogP contribution in [0.5, 0.6) is 5.75 Å². The van der Waals surface area contributed by atoms with Crippen molar-refractivity contribution in [1.82, 2.24) is 0 Å². The number of halogens is 1. The topological polar surface area (TPSA) is 83.0 Å². The number of hydrogen-bond acceptors (Lipinski definition) is 4. The number of nitrogens with two attached hydrogens (primary N) is 1. The van der Waals surface area contributed by atoms with Crippen LogP contribution in [0.15, 0.2) is 78.9 Å². The van der Waals surface area contributed by atoms with Crippen LogP contribution in [0, 0.1) is 5.82 Å². The maximum absolute atomic E-state index is 12.8. The van der Waals surface area contributed by atoms with Crippen LogP contribution in [-0.4, -0.2) is 17.9 Å². The molecule has 0 radical (unpaired) electrons. The van der Waals surface area contributed by atoms with Crippen molar-refractivity contribution in [3.05, 3.63) is 101 Å². The molecule has 2 N–H and O–H groups in total. The van der Waals surface area contributed by atoms with E-state index in [2.05, 4.69) is 72.9 Å². The smallest absolute Gasteiger partial charge is 0.170 e. The summed E-state index contributed by atoms with van der Waals surface area (Å²) in [5, 5.41) is 12.9. The Morgan fingerprint density at radius 2 is 1.74 bits per heavy atom. The summed E-state index contributed by atoms with van der Waals surface area (Å²) in [7, 11) is 0. The van der Waals surface area contributed by atoms with Gasteiger partial charge in [-0.2, -0.15) is 0 Å². The molecule has 0 amide bonds. The molecule has 3 aromatic rings. The second kappa shape index (κ2) is 10.5. The molecule has 1 aliphatic heterocycles. The highest BCUT2D eigenvalue weighted by Gasteiger charge is 2.27. The van der Waals surface area contributed by atoms with E-state index in [0.717, 1.165) is 18.7 Å². The highest BCUT2D eigenvalue weighted by atomic mass is 19.1. The van der Waals surface area contributed by atoms with Gasteiger partial charge >= 0.3 is 0 Å². The summed E-state index contributed by atoms with van der Waals surface area (Å²) in [4.78, 5) is 21.9. The van der Waals surface area contributed by atoms with Gasteiger partial charge in [0.05, 0.1) is 18.0 Å². The van der Waals surface area contributed by atoms with Crippen molar-refractivity contribution < 1.29 is 29.1 Å². The fourth-order valence-electron chi connectivity index (χ4n) is 3.25. The fraction of sp³-hybridized carbons (Fsp3) is 0.200. The molecule has 0 fully saturated rings. The third kappa shape index (κ3) is 6.23. The van der Waals surface area contributed by atoms with E-state index < -0.39 is 23.7 Å². The molecule has 3 aromatic carbocycles. The number of carbonyl (C=O) groups excluding carboxylic acids is 2. The largest absolute Gasteiger partial charge is 0.546 e. The predicted molar refractivity (Wildman–Crippen MR) is 112 cm³/mol. The first-order chi connectivity index (χ1) is 14.9. The quantitative estimate of drug-likeness (QED) is 0.686. The van der Waals surface area contributed by atoms with Crippen molar-refractivity contribution in [1.29, 1.82) is 0 Å². The standard InChI is InChI=1S/C15H17N.C10H7FO4/c1-13(15-10-6-3-7-11-15)16-12-14-8-4-2-5-9-14;11-5-1-2-8-6(3-5)7(12)4-9(15-8)10(13)14/h2-11,13,16H,12H2,1H3;1-3,9H,4H2,(H,13,14)/t13-;9-/m10/s1. The number of ether oxygens (including phenoxy) is 1. The number of carbonyl (C=O) groups is 2. The Hall–Kier alpha value is -3.51. The van der Waals surface area contributed by atoms with Crippen molar-refractivity contribution in [3.8, 4) is 5.75 Å². The van der Waals surface area contributed by atoms with Gasteiger partial charge in [0.2, 0.25) is 0 Å². The highest BCUT2D eigenvalue weighted by molar-refractivity contribution is 6.02. The second-order valence-corrected chi connectivity index (χ2v) is 7.32. The van der Waals surface area contributed by atoms with Crippen molar-refractivity contribution in [2.45, 2.75) is 32.0 Å². The first kappa shape index (κ1) is 22.2. The lowest BCUT2D eigenvalue weighted by Gasteiger charge is -2.25. The first-order valence-corrected chi connectivity index (χ1v) is 10.1. The molecule has 0 aliphatic carbocycles. The maximum atomic E-state index is 12.8. The third-order valence-corrected chi connectivity index (χ3v) is 5.02. The van der Waals surface area contributed by atoms with Gasteiger partial charge in [-0.05, 0) is 25.1 Å². The lowest BCUT2D eigenvalue weighted by molar-refractivity contribution is -0.707. The molecule has 6 heteroatoms. The van der Waals surface area contributed by atoms with Gasteiger partial charge in [-0.25, -0.2) is 4.39 Å². The van der Waals surface area contributed by atoms with Gasteiger partial charge in [0.15, 0.2) is 5.78 Å². The zero-order valence-corrected chi connectivity index (χ0v) is 17.2. The number of carboxylic acids is 1. The van der Waals surface area contributed by atoms with Crippen LogP contribution in [0.2, 0.25) is 0 Å². The normalized spacial score (nSPS) is 15.7. The highest BCUT2D eigenvalue weighted by Crippen LogP contribution is 2.27. The number of quaternary nitrogens is 1. The van der Waals surface area contributed by atoms with Crippen molar-refractivity contribution in [3.63, 3.8) is 0 Å². The van der Waals surface area contributed by atoms with Gasteiger partial charge < -0.3 is 20.0 Å². The summed E-state index contributed by atoms with van der Waals surface area (Å²) >= 11 is 0. The Balaban J connectivity index is 0.000000176. The van der Waals surface area contributed by atoms with Gasteiger partial charge in [0.1, 0.15) is 30.3 Å². The lowest BCUT2D eigenvalue weighted by Crippen LogP contribution is -2.83. The number of aliphatic carboxylic acids is 1. The molecule has 0 bridgehead atoms. The minimum Gasteiger partial charge on any atom is -0.546 e. The Bertz CT molecular complexity index is 1020. The Morgan fingerprint density at radius 3 is 2.39 bits per heavy atom. The zero-order chi connectivity index (χ0) is 22.2. The zero-order valence-electron chi connectivity index (χ0n) is 17.2. The number of Topliss-reactive ketones (excluding diaryl/α,β-unsaturated/α-hetero) is 1. The molecule has 0 saturated heterocycles. The van der Waals surface area contributed by atoms with Crippen molar-refractivity contribution in [2.75, 3.05) is 0 Å². The van der Waals surface area contributed by atoms with E-state index in [4.69, 9.17) is 4.74 Å². The number of rotatable bonds is 5. The first-order valence-electron chi connectivity index (χ1n) is 10.1. The predicted octanol–water partition coefficient (Wildman–Crippen LogP) is 2.42. The van der Waals surface area contributed by atoms with Crippen LogP contribution in [0.3, 0.4) is 0 Å². The van der Waals surface area contributed by atoms with Crippen LogP contribution >= 0.6 is 0 Å². The number of ketones is 1. The molecule has 5 nitrogen and oxygen atoms in total. The summed E-state index contributed by atoms with van der Waals surface area (Å²) in [6.07, 6.45) is -1.60. The second-order valence-electron chi connectivity index (χ2n) is 7.32. The van der Waals surface area contributed by atoms with Gasteiger partial charge in [0, 0.05) is 11.1 Å². The molecule has 0 aromatic heterocycles. The van der Waals surface area contributed by atoms with Crippen molar-refractivity contribution >= 4 is 11.8 Å². The molecule has 4 rings (SSSR count). The van der Waals surface area contributed by atoms with E-state index in [9.17, 15) is 19.1 Å². The third-order valence-electron chi connectivity index (χ3n) is 5.02. The maximum Gasteiger partial charge on any atom is 0.170 e. The molecular weight excluding hydrogens is 397 g/mol. The SMILES string of the molecule is C[C@@H]([NH2+]Cc1ccccc1)c1ccccc1.O=C1C[C@@H](C(=O)[O-])Oc2ccc(F)cc21. The van der Waals surface area contributed by atoms with Gasteiger partial charge in [0.25, 0.3) is 0 Å². The van der Waals surface area contributed by atoms with Gasteiger partial charge in [-0.15, -0.1) is 0 Å². The molecule has 0 unspecified atom stereocenters. The van der Waals surface area contributed by atoms with Crippen LogP contribution in [0.4, 0.5) is 4.39 Å². The Morgan fingerprint density at radius 1 is 1.10 bits per heavy atom.